The highest BCUT2D eigenvalue weighted by molar-refractivity contribution is 6.00. The van der Waals surface area contributed by atoms with Crippen LogP contribution in [-0.2, 0) is 31.7 Å². The number of rotatable bonds is 9. The second-order valence-corrected chi connectivity index (χ2v) is 8.45. The molecule has 2 aromatic carbocycles. The number of halogens is 3. The van der Waals surface area contributed by atoms with Gasteiger partial charge in [-0.2, -0.15) is 13.2 Å². The Kier molecular flexibility index (Phi) is 8.99. The average Bonchev–Trinajstić information content (AvgIpc) is 2.86. The van der Waals surface area contributed by atoms with Crippen LogP contribution in [0.4, 0.5) is 18.9 Å². The van der Waals surface area contributed by atoms with Gasteiger partial charge in [0.2, 0.25) is 0 Å². The van der Waals surface area contributed by atoms with E-state index in [2.05, 4.69) is 10.6 Å². The average molecular weight is 519 g/mol. The Morgan fingerprint density at radius 2 is 1.62 bits per heavy atom. The fourth-order valence-corrected chi connectivity index (χ4v) is 4.29. The third-order valence-corrected chi connectivity index (χ3v) is 5.98. The number of carbonyl (C=O) groups is 2. The maximum Gasteiger partial charge on any atom is 0.416 e. The number of dihydropyridines is 1. The monoisotopic (exact) mass is 518 g/mol. The van der Waals surface area contributed by atoms with Crippen molar-refractivity contribution in [2.75, 3.05) is 32.2 Å². The highest BCUT2D eigenvalue weighted by Crippen LogP contribution is 2.44. The maximum atomic E-state index is 13.9. The van der Waals surface area contributed by atoms with Gasteiger partial charge in [0.05, 0.1) is 43.0 Å². The molecule has 2 aromatic rings. The molecule has 0 bridgehead atoms. The van der Waals surface area contributed by atoms with E-state index in [4.69, 9.17) is 14.6 Å². The smallest absolute Gasteiger partial charge is 0.416 e. The van der Waals surface area contributed by atoms with Gasteiger partial charge < -0.3 is 25.2 Å². The molecule has 0 fully saturated rings. The van der Waals surface area contributed by atoms with E-state index in [1.54, 1.807) is 13.8 Å². The number of allylic oxidation sites excluding steroid dienone is 2. The molecule has 10 heteroatoms. The van der Waals surface area contributed by atoms with Crippen molar-refractivity contribution in [1.82, 2.24) is 5.32 Å². The van der Waals surface area contributed by atoms with Crippen molar-refractivity contribution in [1.29, 1.82) is 0 Å². The molecule has 7 nitrogen and oxygen atoms in total. The fourth-order valence-electron chi connectivity index (χ4n) is 4.29. The molecule has 1 atom stereocenters. The topological polar surface area (TPSA) is 96.9 Å². The molecule has 1 unspecified atom stereocenters. The van der Waals surface area contributed by atoms with Gasteiger partial charge in [-0.3, -0.25) is 0 Å². The second kappa shape index (κ2) is 12.0. The zero-order valence-electron chi connectivity index (χ0n) is 20.7. The van der Waals surface area contributed by atoms with Crippen molar-refractivity contribution in [3.63, 3.8) is 0 Å². The Labute approximate surface area is 213 Å². The first-order valence-corrected chi connectivity index (χ1v) is 11.6. The number of aliphatic hydroxyl groups excluding tert-OH is 1. The number of methoxy groups -OCH3 is 1. The molecular weight excluding hydrogens is 489 g/mol. The molecule has 0 amide bonds. The first kappa shape index (κ1) is 27.8. The lowest BCUT2D eigenvalue weighted by molar-refractivity contribution is -0.141. The SMILES string of the molecule is COC(=O)C1=C(C)NC(C)=C(C(=O)OCCc2ccc(NCCO)cc2)C1c1ccccc1C(F)(F)F. The van der Waals surface area contributed by atoms with Crippen molar-refractivity contribution >= 4 is 17.6 Å². The number of benzene rings is 2. The van der Waals surface area contributed by atoms with E-state index in [1.807, 2.05) is 24.3 Å². The van der Waals surface area contributed by atoms with E-state index in [0.29, 0.717) is 13.0 Å². The summed E-state index contributed by atoms with van der Waals surface area (Å²) >= 11 is 0. The minimum Gasteiger partial charge on any atom is -0.466 e. The Morgan fingerprint density at radius 1 is 1.00 bits per heavy atom. The summed E-state index contributed by atoms with van der Waals surface area (Å²) in [7, 11) is 1.13. The Bertz CT molecular complexity index is 1200. The summed E-state index contributed by atoms with van der Waals surface area (Å²) < 4.78 is 52.1. The van der Waals surface area contributed by atoms with Gasteiger partial charge in [-0.05, 0) is 43.2 Å². The van der Waals surface area contributed by atoms with Crippen LogP contribution in [-0.4, -0.2) is 43.9 Å². The number of hydrogen-bond donors (Lipinski definition) is 3. The lowest BCUT2D eigenvalue weighted by Gasteiger charge is -2.31. The van der Waals surface area contributed by atoms with E-state index in [0.717, 1.165) is 24.4 Å². The van der Waals surface area contributed by atoms with Crippen molar-refractivity contribution in [2.45, 2.75) is 32.4 Å². The molecule has 1 aliphatic rings. The third-order valence-electron chi connectivity index (χ3n) is 5.98. The normalized spacial score (nSPS) is 15.8. The summed E-state index contributed by atoms with van der Waals surface area (Å²) in [5, 5.41) is 14.8. The Morgan fingerprint density at radius 3 is 2.22 bits per heavy atom. The van der Waals surface area contributed by atoms with Crippen LogP contribution in [0, 0.1) is 0 Å². The molecule has 1 aliphatic heterocycles. The molecule has 0 spiro atoms. The summed E-state index contributed by atoms with van der Waals surface area (Å²) in [5.41, 5.74) is 0.896. The van der Waals surface area contributed by atoms with E-state index in [9.17, 15) is 22.8 Å². The van der Waals surface area contributed by atoms with Gasteiger partial charge >= 0.3 is 18.1 Å². The molecule has 37 heavy (non-hydrogen) atoms. The fraction of sp³-hybridized carbons (Fsp3) is 0.333. The van der Waals surface area contributed by atoms with Crippen LogP contribution in [0.1, 0.15) is 36.5 Å². The van der Waals surface area contributed by atoms with Crippen molar-refractivity contribution in [3.05, 3.63) is 87.8 Å². The predicted octanol–water partition coefficient (Wildman–Crippen LogP) is 4.30. The van der Waals surface area contributed by atoms with Crippen LogP contribution < -0.4 is 10.6 Å². The van der Waals surface area contributed by atoms with Gasteiger partial charge in [0.15, 0.2) is 0 Å². The third kappa shape index (κ3) is 6.51. The van der Waals surface area contributed by atoms with Crippen LogP contribution in [0.5, 0.6) is 0 Å². The quantitative estimate of drug-likeness (QED) is 0.426. The van der Waals surface area contributed by atoms with Crippen LogP contribution in [0.15, 0.2) is 71.1 Å². The second-order valence-electron chi connectivity index (χ2n) is 8.45. The Balaban J connectivity index is 1.89. The molecule has 3 N–H and O–H groups in total. The van der Waals surface area contributed by atoms with E-state index in [1.165, 1.54) is 18.2 Å². The van der Waals surface area contributed by atoms with Crippen molar-refractivity contribution in [3.8, 4) is 0 Å². The van der Waals surface area contributed by atoms with Gasteiger partial charge in [0.1, 0.15) is 0 Å². The first-order chi connectivity index (χ1) is 17.6. The molecular formula is C27H29F3N2O5. The molecule has 0 aromatic heterocycles. The molecule has 0 saturated carbocycles. The van der Waals surface area contributed by atoms with Crippen LogP contribution in [0.25, 0.3) is 0 Å². The van der Waals surface area contributed by atoms with Crippen LogP contribution >= 0.6 is 0 Å². The van der Waals surface area contributed by atoms with Gasteiger partial charge in [-0.1, -0.05) is 30.3 Å². The summed E-state index contributed by atoms with van der Waals surface area (Å²) in [6, 6.07) is 12.2. The largest absolute Gasteiger partial charge is 0.466 e. The predicted molar refractivity (Wildman–Crippen MR) is 131 cm³/mol. The number of carbonyl (C=O) groups excluding carboxylic acids is 2. The number of esters is 2. The highest BCUT2D eigenvalue weighted by Gasteiger charge is 2.43. The lowest BCUT2D eigenvalue weighted by atomic mass is 9.78. The number of hydrogen-bond acceptors (Lipinski definition) is 7. The van der Waals surface area contributed by atoms with Crippen LogP contribution in [0.3, 0.4) is 0 Å². The van der Waals surface area contributed by atoms with Gasteiger partial charge in [-0.15, -0.1) is 0 Å². The number of nitrogens with one attached hydrogen (secondary N) is 2. The van der Waals surface area contributed by atoms with E-state index < -0.39 is 29.6 Å². The van der Waals surface area contributed by atoms with Crippen molar-refractivity contribution < 1.29 is 37.3 Å². The highest BCUT2D eigenvalue weighted by atomic mass is 19.4. The molecule has 198 valence electrons. The van der Waals surface area contributed by atoms with Gasteiger partial charge in [0.25, 0.3) is 0 Å². The molecule has 0 radical (unpaired) electrons. The van der Waals surface area contributed by atoms with Crippen LogP contribution in [0.2, 0.25) is 0 Å². The number of alkyl halides is 3. The lowest BCUT2D eigenvalue weighted by Crippen LogP contribution is -2.33. The molecule has 1 heterocycles. The van der Waals surface area contributed by atoms with Gasteiger partial charge in [0, 0.05) is 30.0 Å². The molecule has 0 saturated heterocycles. The summed E-state index contributed by atoms with van der Waals surface area (Å²) in [6.45, 7) is 3.49. The zero-order chi connectivity index (χ0) is 27.2. The zero-order valence-corrected chi connectivity index (χ0v) is 20.7. The minimum absolute atomic E-state index is 0.00265. The number of aliphatic hydroxyl groups is 1. The Hall–Kier alpha value is -3.79. The number of anilines is 1. The maximum absolute atomic E-state index is 13.9. The number of ether oxygens (including phenoxy) is 2. The first-order valence-electron chi connectivity index (χ1n) is 11.6. The van der Waals surface area contributed by atoms with Crippen molar-refractivity contribution in [2.24, 2.45) is 0 Å². The van der Waals surface area contributed by atoms with E-state index in [-0.39, 0.29) is 41.3 Å². The summed E-state index contributed by atoms with van der Waals surface area (Å²) in [5.74, 6) is -3.02. The van der Waals surface area contributed by atoms with Gasteiger partial charge in [-0.25, -0.2) is 9.59 Å². The minimum atomic E-state index is -4.71. The summed E-state index contributed by atoms with van der Waals surface area (Å²) in [6.07, 6.45) is -4.34. The summed E-state index contributed by atoms with van der Waals surface area (Å²) in [4.78, 5) is 26.0. The molecule has 3 rings (SSSR count). The van der Waals surface area contributed by atoms with E-state index >= 15 is 0 Å². The standard InChI is InChI=1S/C27H29F3N2O5/c1-16-22(25(34)36-3)24(20-6-4-5-7-21(20)27(28,29)30)23(17(2)32-16)26(35)37-15-12-18-8-10-19(11-9-18)31-13-14-33/h4-11,24,31-33H,12-15H2,1-3H3. The molecule has 0 aliphatic carbocycles.